The van der Waals surface area contributed by atoms with Gasteiger partial charge in [0.1, 0.15) is 0 Å². The largest absolute Gasteiger partial charge is 0.493 e. The van der Waals surface area contributed by atoms with Crippen LogP contribution >= 0.6 is 0 Å². The highest BCUT2D eigenvalue weighted by Gasteiger charge is 2.19. The normalized spacial score (nSPS) is 10.3. The lowest BCUT2D eigenvalue weighted by molar-refractivity contribution is 0.0691. The fourth-order valence-corrected chi connectivity index (χ4v) is 1.93. The lowest BCUT2D eigenvalue weighted by Gasteiger charge is -2.09. The summed E-state index contributed by atoms with van der Waals surface area (Å²) in [5, 5.41) is 15.6. The van der Waals surface area contributed by atoms with E-state index in [0.717, 1.165) is 0 Å². The second kappa shape index (κ2) is 5.01. The Balaban J connectivity index is 2.59. The van der Waals surface area contributed by atoms with E-state index in [9.17, 15) is 4.79 Å². The third kappa shape index (κ3) is 2.24. The van der Waals surface area contributed by atoms with Crippen LogP contribution in [-0.2, 0) is 0 Å². The molecule has 0 aliphatic carbocycles. The van der Waals surface area contributed by atoms with Crippen molar-refractivity contribution in [2.75, 3.05) is 14.2 Å². The third-order valence-corrected chi connectivity index (χ3v) is 2.82. The maximum absolute atomic E-state index is 11.1. The minimum Gasteiger partial charge on any atom is -0.493 e. The summed E-state index contributed by atoms with van der Waals surface area (Å²) in [4.78, 5) is 11.1. The first-order valence-electron chi connectivity index (χ1n) is 5.59. The van der Waals surface area contributed by atoms with E-state index in [0.29, 0.717) is 28.3 Å². The van der Waals surface area contributed by atoms with Crippen LogP contribution in [0.4, 0.5) is 0 Å². The molecule has 19 heavy (non-hydrogen) atoms. The quantitative estimate of drug-likeness (QED) is 0.881. The molecule has 0 atom stereocenters. The number of carboxylic acids is 1. The topological polar surface area (TPSA) is 84.4 Å². The number of aromatic nitrogens is 2. The van der Waals surface area contributed by atoms with Gasteiger partial charge in [-0.1, -0.05) is 6.07 Å². The van der Waals surface area contributed by atoms with Gasteiger partial charge in [0.2, 0.25) is 0 Å². The fraction of sp³-hybridized carbons (Fsp3) is 0.231. The van der Waals surface area contributed by atoms with E-state index >= 15 is 0 Å². The number of carbonyl (C=O) groups is 1. The van der Waals surface area contributed by atoms with E-state index < -0.39 is 5.97 Å². The van der Waals surface area contributed by atoms with Crippen molar-refractivity contribution >= 4 is 5.97 Å². The molecule has 0 saturated carbocycles. The average Bonchev–Trinajstić information content (AvgIpc) is 2.80. The number of aromatic amines is 1. The maximum atomic E-state index is 11.1. The molecule has 2 aromatic rings. The van der Waals surface area contributed by atoms with Crippen molar-refractivity contribution in [3.8, 4) is 22.6 Å². The average molecular weight is 262 g/mol. The van der Waals surface area contributed by atoms with Crippen LogP contribution in [0.2, 0.25) is 0 Å². The van der Waals surface area contributed by atoms with Gasteiger partial charge >= 0.3 is 5.97 Å². The van der Waals surface area contributed by atoms with Gasteiger partial charge in [-0.15, -0.1) is 0 Å². The summed E-state index contributed by atoms with van der Waals surface area (Å²) in [6.45, 7) is 1.77. The molecule has 1 heterocycles. The summed E-state index contributed by atoms with van der Waals surface area (Å²) in [5.74, 6) is 0.0512. The van der Waals surface area contributed by atoms with Crippen molar-refractivity contribution in [3.05, 3.63) is 29.6 Å². The first kappa shape index (κ1) is 12.9. The number of carboxylic acid groups (broad SMARTS) is 1. The van der Waals surface area contributed by atoms with Gasteiger partial charge in [0.25, 0.3) is 0 Å². The fourth-order valence-electron chi connectivity index (χ4n) is 1.93. The van der Waals surface area contributed by atoms with Gasteiger partial charge in [0.05, 0.1) is 14.2 Å². The third-order valence-electron chi connectivity index (χ3n) is 2.82. The summed E-state index contributed by atoms with van der Waals surface area (Å²) < 4.78 is 10.4. The number of hydrogen-bond acceptors (Lipinski definition) is 4. The van der Waals surface area contributed by atoms with Crippen molar-refractivity contribution in [1.29, 1.82) is 0 Å². The second-order valence-corrected chi connectivity index (χ2v) is 3.95. The van der Waals surface area contributed by atoms with E-state index in [2.05, 4.69) is 10.2 Å². The molecular weight excluding hydrogens is 248 g/mol. The standard InChI is InChI=1S/C13H14N2O4/c1-7-11(12(13(16)17)15-14-7)8-4-5-9(18-2)10(6-8)19-3/h4-6H,1-3H3,(H,14,15)(H,16,17). The highest BCUT2D eigenvalue weighted by Crippen LogP contribution is 2.34. The van der Waals surface area contributed by atoms with Crippen molar-refractivity contribution < 1.29 is 19.4 Å². The second-order valence-electron chi connectivity index (χ2n) is 3.95. The van der Waals surface area contributed by atoms with E-state index in [4.69, 9.17) is 14.6 Å². The number of aromatic carboxylic acids is 1. The highest BCUT2D eigenvalue weighted by molar-refractivity contribution is 5.95. The predicted molar refractivity (Wildman–Crippen MR) is 68.8 cm³/mol. The van der Waals surface area contributed by atoms with Crippen LogP contribution < -0.4 is 9.47 Å². The Bertz CT molecular complexity index is 619. The lowest BCUT2D eigenvalue weighted by Crippen LogP contribution is -1.99. The first-order valence-corrected chi connectivity index (χ1v) is 5.59. The van der Waals surface area contributed by atoms with Crippen LogP contribution in [0.3, 0.4) is 0 Å². The molecule has 0 fully saturated rings. The van der Waals surface area contributed by atoms with Crippen LogP contribution in [0, 0.1) is 6.92 Å². The molecule has 1 aromatic carbocycles. The van der Waals surface area contributed by atoms with Gasteiger partial charge < -0.3 is 14.6 Å². The Morgan fingerprint density at radius 3 is 2.53 bits per heavy atom. The molecule has 0 bridgehead atoms. The summed E-state index contributed by atoms with van der Waals surface area (Å²) in [5.41, 5.74) is 1.93. The van der Waals surface area contributed by atoms with E-state index in [-0.39, 0.29) is 5.69 Å². The summed E-state index contributed by atoms with van der Waals surface area (Å²) in [7, 11) is 3.07. The molecule has 2 rings (SSSR count). The van der Waals surface area contributed by atoms with Gasteiger partial charge in [-0.25, -0.2) is 4.79 Å². The summed E-state index contributed by atoms with van der Waals surface area (Å²) >= 11 is 0. The number of aryl methyl sites for hydroxylation is 1. The molecule has 100 valence electrons. The van der Waals surface area contributed by atoms with Gasteiger partial charge in [-0.2, -0.15) is 5.10 Å². The number of ether oxygens (including phenoxy) is 2. The number of methoxy groups -OCH3 is 2. The van der Waals surface area contributed by atoms with Gasteiger partial charge in [-0.05, 0) is 24.6 Å². The van der Waals surface area contributed by atoms with Gasteiger partial charge in [0.15, 0.2) is 17.2 Å². The molecule has 0 spiro atoms. The van der Waals surface area contributed by atoms with Gasteiger partial charge in [-0.3, -0.25) is 5.10 Å². The zero-order chi connectivity index (χ0) is 14.0. The minimum absolute atomic E-state index is 0.00952. The molecule has 0 saturated heterocycles. The number of hydrogen-bond donors (Lipinski definition) is 2. The summed E-state index contributed by atoms with van der Waals surface area (Å²) in [6.07, 6.45) is 0. The van der Waals surface area contributed by atoms with Crippen molar-refractivity contribution in [2.45, 2.75) is 6.92 Å². The number of rotatable bonds is 4. The van der Waals surface area contributed by atoms with Gasteiger partial charge in [0, 0.05) is 11.3 Å². The number of benzene rings is 1. The SMILES string of the molecule is COc1ccc(-c2c(C(=O)O)n[nH]c2C)cc1OC. The number of H-pyrrole nitrogens is 1. The first-order chi connectivity index (χ1) is 9.08. The van der Waals surface area contributed by atoms with Crippen LogP contribution in [0.1, 0.15) is 16.2 Å². The zero-order valence-corrected chi connectivity index (χ0v) is 10.9. The van der Waals surface area contributed by atoms with Crippen LogP contribution in [0.25, 0.3) is 11.1 Å². The van der Waals surface area contributed by atoms with Crippen molar-refractivity contribution in [1.82, 2.24) is 10.2 Å². The zero-order valence-electron chi connectivity index (χ0n) is 10.9. The molecular formula is C13H14N2O4. The molecule has 0 radical (unpaired) electrons. The number of nitrogens with one attached hydrogen (secondary N) is 1. The van der Waals surface area contributed by atoms with Crippen LogP contribution in [0.15, 0.2) is 18.2 Å². The predicted octanol–water partition coefficient (Wildman–Crippen LogP) is 2.10. The van der Waals surface area contributed by atoms with Crippen molar-refractivity contribution in [2.24, 2.45) is 0 Å². The summed E-state index contributed by atoms with van der Waals surface area (Å²) in [6, 6.07) is 5.22. The molecule has 0 amide bonds. The monoisotopic (exact) mass is 262 g/mol. The molecule has 0 aliphatic rings. The smallest absolute Gasteiger partial charge is 0.357 e. The van der Waals surface area contributed by atoms with E-state index in [1.54, 1.807) is 32.2 Å². The lowest BCUT2D eigenvalue weighted by atomic mass is 10.0. The van der Waals surface area contributed by atoms with E-state index in [1.807, 2.05) is 0 Å². The minimum atomic E-state index is -1.07. The van der Waals surface area contributed by atoms with Crippen molar-refractivity contribution in [3.63, 3.8) is 0 Å². The van der Waals surface area contributed by atoms with Crippen LogP contribution in [-0.4, -0.2) is 35.5 Å². The Morgan fingerprint density at radius 1 is 1.26 bits per heavy atom. The molecule has 6 nitrogen and oxygen atoms in total. The maximum Gasteiger partial charge on any atom is 0.357 e. The van der Waals surface area contributed by atoms with E-state index in [1.165, 1.54) is 7.11 Å². The molecule has 0 unspecified atom stereocenters. The van der Waals surface area contributed by atoms with Crippen LogP contribution in [0.5, 0.6) is 11.5 Å². The molecule has 0 aliphatic heterocycles. The Kier molecular flexibility index (Phi) is 3.41. The Labute approximate surface area is 110 Å². The highest BCUT2D eigenvalue weighted by atomic mass is 16.5. The number of nitrogens with zero attached hydrogens (tertiary/aromatic N) is 1. The molecule has 6 heteroatoms. The molecule has 2 N–H and O–H groups in total. The molecule has 1 aromatic heterocycles. The Hall–Kier alpha value is -2.50. The Morgan fingerprint density at radius 2 is 1.95 bits per heavy atom.